The molecule has 3 rings (SSSR count). The molecule has 0 aromatic carbocycles. The number of amides is 2. The summed E-state index contributed by atoms with van der Waals surface area (Å²) in [5.74, 6) is 0.954. The van der Waals surface area contributed by atoms with Crippen LogP contribution in [0.1, 0.15) is 50.5 Å². The molecule has 1 saturated carbocycles. The largest absolute Gasteiger partial charge is 0.467 e. The van der Waals surface area contributed by atoms with E-state index in [1.807, 2.05) is 42.1 Å². The molecule has 0 saturated heterocycles. The summed E-state index contributed by atoms with van der Waals surface area (Å²) in [6.45, 7) is 3.78. The maximum absolute atomic E-state index is 13.2. The number of carbonyl (C=O) groups excluding carboxylic acids is 2. The molecule has 0 bridgehead atoms. The summed E-state index contributed by atoms with van der Waals surface area (Å²) in [6.07, 6.45) is 8.53. The van der Waals surface area contributed by atoms with Gasteiger partial charge in [-0.05, 0) is 43.5 Å². The molecule has 28 heavy (non-hydrogen) atoms. The average Bonchev–Trinajstić information content (AvgIpc) is 3.28. The Morgan fingerprint density at radius 1 is 1.18 bits per heavy atom. The molecule has 2 aromatic heterocycles. The second-order valence-electron chi connectivity index (χ2n) is 7.68. The number of furan rings is 1. The minimum Gasteiger partial charge on any atom is -0.467 e. The van der Waals surface area contributed by atoms with Gasteiger partial charge in [-0.2, -0.15) is 0 Å². The molecule has 1 aliphatic rings. The lowest BCUT2D eigenvalue weighted by Crippen LogP contribution is -2.46. The topological polar surface area (TPSA) is 58.7 Å². The minimum absolute atomic E-state index is 0.0404. The molecular formula is C22H31N3O3. The van der Waals surface area contributed by atoms with Crippen LogP contribution in [0.3, 0.4) is 0 Å². The highest BCUT2D eigenvalue weighted by Crippen LogP contribution is 2.28. The normalized spacial score (nSPS) is 13.9. The van der Waals surface area contributed by atoms with Crippen molar-refractivity contribution in [2.24, 2.45) is 13.0 Å². The highest BCUT2D eigenvalue weighted by Gasteiger charge is 2.31. The van der Waals surface area contributed by atoms with Crippen molar-refractivity contribution in [3.63, 3.8) is 0 Å². The molecule has 0 spiro atoms. The standard InChI is InChI=1S/C22H31N3O3/c1-3-4-13-24(22(27)18-8-5-9-18)17-21(26)25(16-20-11-7-14-28-20)15-19-10-6-12-23(19)2/h6-7,10-12,14,18H,3-5,8-9,13,15-17H2,1-2H3. The van der Waals surface area contributed by atoms with Crippen molar-refractivity contribution in [1.29, 1.82) is 0 Å². The molecule has 1 fully saturated rings. The Morgan fingerprint density at radius 2 is 2.00 bits per heavy atom. The van der Waals surface area contributed by atoms with E-state index in [0.29, 0.717) is 19.6 Å². The zero-order valence-electron chi connectivity index (χ0n) is 17.0. The van der Waals surface area contributed by atoms with Gasteiger partial charge < -0.3 is 18.8 Å². The summed E-state index contributed by atoms with van der Waals surface area (Å²) in [4.78, 5) is 29.6. The number of hydrogen-bond donors (Lipinski definition) is 0. The van der Waals surface area contributed by atoms with Gasteiger partial charge >= 0.3 is 0 Å². The van der Waals surface area contributed by atoms with Crippen LogP contribution in [-0.2, 0) is 29.7 Å². The lowest BCUT2D eigenvalue weighted by Gasteiger charge is -2.33. The number of aryl methyl sites for hydroxylation is 1. The maximum Gasteiger partial charge on any atom is 0.242 e. The quantitative estimate of drug-likeness (QED) is 0.628. The first-order chi connectivity index (χ1) is 13.6. The van der Waals surface area contributed by atoms with Gasteiger partial charge in [0.1, 0.15) is 5.76 Å². The predicted octanol–water partition coefficient (Wildman–Crippen LogP) is 3.58. The summed E-state index contributed by atoms with van der Waals surface area (Å²) in [6, 6.07) is 7.68. The highest BCUT2D eigenvalue weighted by atomic mass is 16.3. The number of carbonyl (C=O) groups is 2. The van der Waals surface area contributed by atoms with Gasteiger partial charge in [0.25, 0.3) is 0 Å². The van der Waals surface area contributed by atoms with Crippen LogP contribution in [0.5, 0.6) is 0 Å². The second kappa shape index (κ2) is 9.62. The fourth-order valence-corrected chi connectivity index (χ4v) is 3.47. The Labute approximate surface area is 167 Å². The lowest BCUT2D eigenvalue weighted by atomic mass is 9.84. The van der Waals surface area contributed by atoms with Crippen LogP contribution in [0.15, 0.2) is 41.1 Å². The van der Waals surface area contributed by atoms with Crippen LogP contribution in [0.2, 0.25) is 0 Å². The number of aromatic nitrogens is 1. The van der Waals surface area contributed by atoms with E-state index in [9.17, 15) is 9.59 Å². The van der Waals surface area contributed by atoms with Crippen molar-refractivity contribution in [2.75, 3.05) is 13.1 Å². The maximum atomic E-state index is 13.2. The van der Waals surface area contributed by atoms with Gasteiger partial charge in [0.15, 0.2) is 0 Å². The third-order valence-corrected chi connectivity index (χ3v) is 5.56. The fraction of sp³-hybridized carbons (Fsp3) is 0.545. The Balaban J connectivity index is 1.71. The van der Waals surface area contributed by atoms with Gasteiger partial charge in [-0.25, -0.2) is 0 Å². The summed E-state index contributed by atoms with van der Waals surface area (Å²) < 4.78 is 7.48. The molecule has 2 amide bonds. The first-order valence-electron chi connectivity index (χ1n) is 10.3. The third kappa shape index (κ3) is 5.06. The van der Waals surface area contributed by atoms with E-state index in [-0.39, 0.29) is 24.3 Å². The van der Waals surface area contributed by atoms with Gasteiger partial charge in [0.2, 0.25) is 11.8 Å². The van der Waals surface area contributed by atoms with Gasteiger partial charge in [-0.1, -0.05) is 19.8 Å². The van der Waals surface area contributed by atoms with Crippen LogP contribution >= 0.6 is 0 Å². The van der Waals surface area contributed by atoms with Crippen molar-refractivity contribution in [3.05, 3.63) is 48.2 Å². The first kappa shape index (κ1) is 20.2. The number of unbranched alkanes of at least 4 members (excludes halogenated alkanes) is 1. The monoisotopic (exact) mass is 385 g/mol. The molecule has 0 N–H and O–H groups in total. The molecule has 0 unspecified atom stereocenters. The number of rotatable bonds is 10. The van der Waals surface area contributed by atoms with Crippen molar-refractivity contribution >= 4 is 11.8 Å². The third-order valence-electron chi connectivity index (χ3n) is 5.56. The van der Waals surface area contributed by atoms with Crippen LogP contribution < -0.4 is 0 Å². The summed E-state index contributed by atoms with van der Waals surface area (Å²) in [5.41, 5.74) is 1.05. The zero-order chi connectivity index (χ0) is 19.9. The van der Waals surface area contributed by atoms with Crippen LogP contribution in [0, 0.1) is 5.92 Å². The van der Waals surface area contributed by atoms with Gasteiger partial charge in [0.05, 0.1) is 25.9 Å². The van der Waals surface area contributed by atoms with Crippen LogP contribution in [0.4, 0.5) is 0 Å². The fourth-order valence-electron chi connectivity index (χ4n) is 3.47. The van der Waals surface area contributed by atoms with Crippen molar-refractivity contribution in [3.8, 4) is 0 Å². The molecule has 1 aliphatic carbocycles. The van der Waals surface area contributed by atoms with Crippen LogP contribution in [0.25, 0.3) is 0 Å². The van der Waals surface area contributed by atoms with E-state index in [0.717, 1.165) is 43.6 Å². The summed E-state index contributed by atoms with van der Waals surface area (Å²) in [7, 11) is 1.97. The Hall–Kier alpha value is -2.50. The summed E-state index contributed by atoms with van der Waals surface area (Å²) >= 11 is 0. The van der Waals surface area contributed by atoms with E-state index in [4.69, 9.17) is 4.42 Å². The van der Waals surface area contributed by atoms with Crippen molar-refractivity contribution in [1.82, 2.24) is 14.4 Å². The van der Waals surface area contributed by atoms with E-state index in [1.54, 1.807) is 16.1 Å². The molecule has 6 heteroatoms. The second-order valence-corrected chi connectivity index (χ2v) is 7.68. The molecule has 6 nitrogen and oxygen atoms in total. The van der Waals surface area contributed by atoms with Crippen molar-refractivity contribution < 1.29 is 14.0 Å². The van der Waals surface area contributed by atoms with Gasteiger partial charge in [0, 0.05) is 31.4 Å². The minimum atomic E-state index is -0.0404. The van der Waals surface area contributed by atoms with Gasteiger partial charge in [-0.3, -0.25) is 9.59 Å². The summed E-state index contributed by atoms with van der Waals surface area (Å²) in [5, 5.41) is 0. The predicted molar refractivity (Wildman–Crippen MR) is 107 cm³/mol. The van der Waals surface area contributed by atoms with E-state index in [1.165, 1.54) is 0 Å². The lowest BCUT2D eigenvalue weighted by molar-refractivity contribution is -0.145. The van der Waals surface area contributed by atoms with Gasteiger partial charge in [-0.15, -0.1) is 0 Å². The van der Waals surface area contributed by atoms with E-state index >= 15 is 0 Å². The molecular weight excluding hydrogens is 354 g/mol. The molecule has 2 aromatic rings. The number of hydrogen-bond acceptors (Lipinski definition) is 3. The smallest absolute Gasteiger partial charge is 0.242 e. The van der Waals surface area contributed by atoms with E-state index < -0.39 is 0 Å². The Morgan fingerprint density at radius 3 is 2.57 bits per heavy atom. The molecule has 2 heterocycles. The molecule has 0 atom stereocenters. The first-order valence-corrected chi connectivity index (χ1v) is 10.3. The number of nitrogens with zero attached hydrogens (tertiary/aromatic N) is 3. The average molecular weight is 386 g/mol. The van der Waals surface area contributed by atoms with E-state index in [2.05, 4.69) is 6.92 Å². The van der Waals surface area contributed by atoms with Crippen LogP contribution in [-0.4, -0.2) is 39.3 Å². The molecule has 0 radical (unpaired) electrons. The molecule has 0 aliphatic heterocycles. The molecule has 152 valence electrons. The Bertz CT molecular complexity index is 762. The zero-order valence-corrected chi connectivity index (χ0v) is 17.0. The SMILES string of the molecule is CCCCN(CC(=O)N(Cc1ccco1)Cc1cccn1C)C(=O)C1CCC1. The Kier molecular flexibility index (Phi) is 6.95. The van der Waals surface area contributed by atoms with Crippen molar-refractivity contribution in [2.45, 2.75) is 52.1 Å². The highest BCUT2D eigenvalue weighted by molar-refractivity contribution is 5.86.